The lowest BCUT2D eigenvalue weighted by atomic mass is 10.2. The van der Waals surface area contributed by atoms with Gasteiger partial charge in [0.2, 0.25) is 0 Å². The van der Waals surface area contributed by atoms with E-state index in [1.807, 2.05) is 35.2 Å². The van der Waals surface area contributed by atoms with Gasteiger partial charge in [-0.3, -0.25) is 5.01 Å². The van der Waals surface area contributed by atoms with Crippen molar-refractivity contribution in [3.63, 3.8) is 0 Å². The summed E-state index contributed by atoms with van der Waals surface area (Å²) < 4.78 is 0. The fourth-order valence-corrected chi connectivity index (χ4v) is 1.74. The van der Waals surface area contributed by atoms with Crippen LogP contribution in [0.5, 0.6) is 0 Å². The summed E-state index contributed by atoms with van der Waals surface area (Å²) in [4.78, 5) is 13.6. The second-order valence-corrected chi connectivity index (χ2v) is 3.56. The largest absolute Gasteiger partial charge is 0.334 e. The predicted molar refractivity (Wildman–Crippen MR) is 58.0 cm³/mol. The Morgan fingerprint density at radius 3 is 2.60 bits per heavy atom. The molecule has 4 heteroatoms. The molecule has 2 amide bonds. The molecule has 15 heavy (non-hydrogen) atoms. The summed E-state index contributed by atoms with van der Waals surface area (Å²) in [6.45, 7) is 2.23. The SMILES string of the molecule is CNN1CCN(Cc2ccccc2)C1=O. The van der Waals surface area contributed by atoms with Gasteiger partial charge >= 0.3 is 6.03 Å². The zero-order valence-corrected chi connectivity index (χ0v) is 8.81. The van der Waals surface area contributed by atoms with Crippen LogP contribution < -0.4 is 5.43 Å². The smallest absolute Gasteiger partial charge is 0.317 e. The number of carbonyl (C=O) groups is 1. The second kappa shape index (κ2) is 4.31. The molecule has 1 N–H and O–H groups in total. The number of nitrogens with one attached hydrogen (secondary N) is 1. The normalized spacial score (nSPS) is 16.2. The first kappa shape index (κ1) is 9.98. The van der Waals surface area contributed by atoms with Gasteiger partial charge in [-0.2, -0.15) is 0 Å². The average Bonchev–Trinajstić information content (AvgIpc) is 2.62. The molecule has 2 rings (SSSR count). The topological polar surface area (TPSA) is 35.6 Å². The highest BCUT2D eigenvalue weighted by atomic mass is 16.2. The van der Waals surface area contributed by atoms with Crippen molar-refractivity contribution in [1.29, 1.82) is 0 Å². The van der Waals surface area contributed by atoms with Crippen molar-refractivity contribution in [1.82, 2.24) is 15.3 Å². The number of hydrogen-bond donors (Lipinski definition) is 1. The Labute approximate surface area is 89.5 Å². The lowest BCUT2D eigenvalue weighted by Crippen LogP contribution is -2.39. The van der Waals surface area contributed by atoms with Gasteiger partial charge < -0.3 is 4.90 Å². The van der Waals surface area contributed by atoms with Crippen LogP contribution in [0.15, 0.2) is 30.3 Å². The fourth-order valence-electron chi connectivity index (χ4n) is 1.74. The van der Waals surface area contributed by atoms with Crippen LogP contribution in [0.25, 0.3) is 0 Å². The van der Waals surface area contributed by atoms with Gasteiger partial charge in [-0.1, -0.05) is 30.3 Å². The predicted octanol–water partition coefficient (Wildman–Crippen LogP) is 1.06. The van der Waals surface area contributed by atoms with Gasteiger partial charge in [0.1, 0.15) is 0 Å². The number of carbonyl (C=O) groups excluding carboxylic acids is 1. The summed E-state index contributed by atoms with van der Waals surface area (Å²) in [5.74, 6) is 0. The Kier molecular flexibility index (Phi) is 2.87. The molecule has 1 aromatic rings. The molecule has 4 nitrogen and oxygen atoms in total. The Morgan fingerprint density at radius 1 is 1.27 bits per heavy atom. The maximum absolute atomic E-state index is 11.7. The van der Waals surface area contributed by atoms with Gasteiger partial charge in [-0.15, -0.1) is 0 Å². The number of hydrazine groups is 1. The molecule has 0 spiro atoms. The van der Waals surface area contributed by atoms with Crippen molar-refractivity contribution in [2.45, 2.75) is 6.54 Å². The Bertz CT molecular complexity index is 339. The molecule has 0 bridgehead atoms. The minimum Gasteiger partial charge on any atom is -0.317 e. The Morgan fingerprint density at radius 2 is 2.00 bits per heavy atom. The Hall–Kier alpha value is -1.55. The quantitative estimate of drug-likeness (QED) is 0.800. The molecular formula is C11H15N3O. The summed E-state index contributed by atoms with van der Waals surface area (Å²) in [6.07, 6.45) is 0. The van der Waals surface area contributed by atoms with Gasteiger partial charge in [0.15, 0.2) is 0 Å². The van der Waals surface area contributed by atoms with E-state index < -0.39 is 0 Å². The molecule has 1 aromatic carbocycles. The molecule has 0 atom stereocenters. The third kappa shape index (κ3) is 2.10. The highest BCUT2D eigenvalue weighted by molar-refractivity contribution is 5.75. The molecule has 0 unspecified atom stereocenters. The van der Waals surface area contributed by atoms with E-state index in [4.69, 9.17) is 0 Å². The van der Waals surface area contributed by atoms with Crippen molar-refractivity contribution in [3.8, 4) is 0 Å². The third-order valence-electron chi connectivity index (χ3n) is 2.58. The molecule has 1 saturated heterocycles. The molecule has 1 fully saturated rings. The maximum atomic E-state index is 11.7. The lowest BCUT2D eigenvalue weighted by Gasteiger charge is -2.17. The number of hydrogen-bond acceptors (Lipinski definition) is 2. The van der Waals surface area contributed by atoms with Crippen LogP contribution in [0.4, 0.5) is 4.79 Å². The first-order valence-corrected chi connectivity index (χ1v) is 5.09. The lowest BCUT2D eigenvalue weighted by molar-refractivity contribution is 0.178. The van der Waals surface area contributed by atoms with Crippen molar-refractivity contribution in [2.75, 3.05) is 20.1 Å². The van der Waals surface area contributed by atoms with Gasteiger partial charge in [0.25, 0.3) is 0 Å². The minimum atomic E-state index is 0.0568. The molecule has 0 aromatic heterocycles. The van der Waals surface area contributed by atoms with E-state index in [1.165, 1.54) is 5.56 Å². The van der Waals surface area contributed by atoms with E-state index in [2.05, 4.69) is 5.43 Å². The summed E-state index contributed by atoms with van der Waals surface area (Å²) in [7, 11) is 1.77. The first-order valence-electron chi connectivity index (χ1n) is 5.09. The van der Waals surface area contributed by atoms with E-state index in [-0.39, 0.29) is 6.03 Å². The highest BCUT2D eigenvalue weighted by Crippen LogP contribution is 2.10. The highest BCUT2D eigenvalue weighted by Gasteiger charge is 2.27. The maximum Gasteiger partial charge on any atom is 0.334 e. The summed E-state index contributed by atoms with van der Waals surface area (Å²) >= 11 is 0. The van der Waals surface area contributed by atoms with Crippen LogP contribution in [0.3, 0.4) is 0 Å². The van der Waals surface area contributed by atoms with Crippen molar-refractivity contribution >= 4 is 6.03 Å². The van der Waals surface area contributed by atoms with Crippen LogP contribution in [0, 0.1) is 0 Å². The summed E-state index contributed by atoms with van der Waals surface area (Å²) in [6, 6.07) is 10.1. The summed E-state index contributed by atoms with van der Waals surface area (Å²) in [5, 5.41) is 1.63. The second-order valence-electron chi connectivity index (χ2n) is 3.56. The Balaban J connectivity index is 2.00. The molecule has 1 heterocycles. The monoisotopic (exact) mass is 205 g/mol. The van der Waals surface area contributed by atoms with Gasteiger partial charge in [0, 0.05) is 20.1 Å². The van der Waals surface area contributed by atoms with E-state index >= 15 is 0 Å². The molecule has 0 radical (unpaired) electrons. The molecule has 80 valence electrons. The molecule has 0 aliphatic carbocycles. The van der Waals surface area contributed by atoms with Crippen LogP contribution in [-0.4, -0.2) is 36.1 Å². The standard InChI is InChI=1S/C11H15N3O/c1-12-14-8-7-13(11(14)15)9-10-5-3-2-4-6-10/h2-6,12H,7-9H2,1H3. The average molecular weight is 205 g/mol. The number of amides is 2. The van der Waals surface area contributed by atoms with Crippen LogP contribution in [0.1, 0.15) is 5.56 Å². The number of nitrogens with zero attached hydrogens (tertiary/aromatic N) is 2. The minimum absolute atomic E-state index is 0.0568. The van der Waals surface area contributed by atoms with E-state index in [9.17, 15) is 4.79 Å². The zero-order valence-electron chi connectivity index (χ0n) is 8.81. The molecular weight excluding hydrogens is 190 g/mol. The molecule has 0 saturated carbocycles. The van der Waals surface area contributed by atoms with E-state index in [0.29, 0.717) is 6.54 Å². The van der Waals surface area contributed by atoms with E-state index in [1.54, 1.807) is 12.1 Å². The van der Waals surface area contributed by atoms with Gasteiger partial charge in [-0.25, -0.2) is 10.2 Å². The van der Waals surface area contributed by atoms with Gasteiger partial charge in [0.05, 0.1) is 6.54 Å². The molecule has 1 aliphatic heterocycles. The first-order chi connectivity index (χ1) is 7.31. The van der Waals surface area contributed by atoms with E-state index in [0.717, 1.165) is 13.1 Å². The third-order valence-corrected chi connectivity index (χ3v) is 2.58. The fraction of sp³-hybridized carbons (Fsp3) is 0.364. The van der Waals surface area contributed by atoms with Gasteiger partial charge in [-0.05, 0) is 5.56 Å². The summed E-state index contributed by atoms with van der Waals surface area (Å²) in [5.41, 5.74) is 4.04. The van der Waals surface area contributed by atoms with Crippen LogP contribution >= 0.6 is 0 Å². The zero-order chi connectivity index (χ0) is 10.7. The number of benzene rings is 1. The van der Waals surface area contributed by atoms with Crippen LogP contribution in [0.2, 0.25) is 0 Å². The van der Waals surface area contributed by atoms with Crippen molar-refractivity contribution in [2.24, 2.45) is 0 Å². The van der Waals surface area contributed by atoms with Crippen molar-refractivity contribution in [3.05, 3.63) is 35.9 Å². The van der Waals surface area contributed by atoms with Crippen LogP contribution in [-0.2, 0) is 6.54 Å². The number of urea groups is 1. The molecule has 1 aliphatic rings. The number of rotatable bonds is 3. The van der Waals surface area contributed by atoms with Crippen molar-refractivity contribution < 1.29 is 4.79 Å².